The Kier molecular flexibility index (Phi) is 5.00. The van der Waals surface area contributed by atoms with Crippen LogP contribution in [0.5, 0.6) is 0 Å². The molecule has 0 fully saturated rings. The molecule has 0 radical (unpaired) electrons. The summed E-state index contributed by atoms with van der Waals surface area (Å²) in [5.74, 6) is 0.567. The zero-order chi connectivity index (χ0) is 15.4. The van der Waals surface area contributed by atoms with Crippen LogP contribution in [0.2, 0.25) is 0 Å². The number of hydrogen-bond donors (Lipinski definition) is 0. The number of rotatable bonds is 6. The number of benzene rings is 3. The molecule has 0 atom stereocenters. The summed E-state index contributed by atoms with van der Waals surface area (Å²) in [4.78, 5) is 0. The summed E-state index contributed by atoms with van der Waals surface area (Å²) in [6, 6.07) is 17.5. The van der Waals surface area contributed by atoms with Gasteiger partial charge in [0.15, 0.2) is 0 Å². The van der Waals surface area contributed by atoms with Crippen molar-refractivity contribution in [3.05, 3.63) is 59.7 Å². The molecular weight excluding hydrogens is 288 g/mol. The van der Waals surface area contributed by atoms with Crippen LogP contribution in [0.15, 0.2) is 48.5 Å². The van der Waals surface area contributed by atoms with Crippen molar-refractivity contribution in [3.8, 4) is 0 Å². The third-order valence-corrected chi connectivity index (χ3v) is 4.84. The van der Waals surface area contributed by atoms with Gasteiger partial charge in [-0.1, -0.05) is 74.7 Å². The van der Waals surface area contributed by atoms with Gasteiger partial charge in [0.1, 0.15) is 0 Å². The lowest BCUT2D eigenvalue weighted by Gasteiger charge is -2.15. The summed E-state index contributed by atoms with van der Waals surface area (Å²) in [6.45, 7) is 2.26. The molecule has 3 aromatic rings. The Morgan fingerprint density at radius 3 is 1.64 bits per heavy atom. The highest BCUT2D eigenvalue weighted by Crippen LogP contribution is 2.34. The van der Waals surface area contributed by atoms with Gasteiger partial charge in [-0.15, -0.1) is 11.6 Å². The van der Waals surface area contributed by atoms with Crippen molar-refractivity contribution < 1.29 is 0 Å². The van der Waals surface area contributed by atoms with Crippen molar-refractivity contribution in [1.29, 1.82) is 0 Å². The summed E-state index contributed by atoms with van der Waals surface area (Å²) in [6.07, 6.45) is 6.35. The summed E-state index contributed by atoms with van der Waals surface area (Å²) < 4.78 is 0. The smallest absolute Gasteiger partial charge is 0.0486 e. The van der Waals surface area contributed by atoms with Crippen molar-refractivity contribution in [2.45, 2.75) is 44.9 Å². The Labute approximate surface area is 138 Å². The molecule has 3 aromatic carbocycles. The second-order valence-corrected chi connectivity index (χ2v) is 6.26. The lowest BCUT2D eigenvalue weighted by atomic mass is 9.90. The molecule has 3 rings (SSSR count). The molecule has 0 spiro atoms. The Morgan fingerprint density at radius 1 is 0.682 bits per heavy atom. The van der Waals surface area contributed by atoms with E-state index in [-0.39, 0.29) is 0 Å². The molecule has 0 heterocycles. The highest BCUT2D eigenvalue weighted by Gasteiger charge is 2.12. The average Bonchev–Trinajstić information content (AvgIpc) is 2.58. The van der Waals surface area contributed by atoms with E-state index >= 15 is 0 Å². The van der Waals surface area contributed by atoms with Gasteiger partial charge in [-0.3, -0.25) is 0 Å². The number of hydrogen-bond acceptors (Lipinski definition) is 0. The van der Waals surface area contributed by atoms with Gasteiger partial charge in [-0.05, 0) is 45.5 Å². The van der Waals surface area contributed by atoms with Crippen LogP contribution in [0.25, 0.3) is 21.5 Å². The van der Waals surface area contributed by atoms with Gasteiger partial charge < -0.3 is 0 Å². The SMILES string of the molecule is CCCCCCc1c2ccccc2c(CCl)c2ccccc12. The molecule has 1 heteroatoms. The molecule has 0 saturated heterocycles. The summed E-state index contributed by atoms with van der Waals surface area (Å²) in [7, 11) is 0. The van der Waals surface area contributed by atoms with Gasteiger partial charge in [0.25, 0.3) is 0 Å². The molecule has 0 bridgehead atoms. The first-order valence-electron chi connectivity index (χ1n) is 8.34. The van der Waals surface area contributed by atoms with E-state index in [9.17, 15) is 0 Å². The number of unbranched alkanes of at least 4 members (excludes halogenated alkanes) is 3. The van der Waals surface area contributed by atoms with E-state index in [1.165, 1.54) is 58.4 Å². The van der Waals surface area contributed by atoms with Crippen molar-refractivity contribution in [2.75, 3.05) is 0 Å². The lowest BCUT2D eigenvalue weighted by molar-refractivity contribution is 0.669. The molecular formula is C21H23Cl. The molecule has 114 valence electrons. The first-order valence-corrected chi connectivity index (χ1v) is 8.87. The van der Waals surface area contributed by atoms with Gasteiger partial charge in [-0.2, -0.15) is 0 Å². The van der Waals surface area contributed by atoms with E-state index in [4.69, 9.17) is 11.6 Å². The van der Waals surface area contributed by atoms with Gasteiger partial charge in [-0.25, -0.2) is 0 Å². The fraction of sp³-hybridized carbons (Fsp3) is 0.333. The Hall–Kier alpha value is -1.53. The van der Waals surface area contributed by atoms with E-state index in [0.717, 1.165) is 6.42 Å². The summed E-state index contributed by atoms with van der Waals surface area (Å²) in [5, 5.41) is 5.41. The molecule has 0 unspecified atom stereocenters. The minimum atomic E-state index is 0.567. The normalized spacial score (nSPS) is 11.4. The predicted molar refractivity (Wildman–Crippen MR) is 98.9 cm³/mol. The van der Waals surface area contributed by atoms with E-state index < -0.39 is 0 Å². The quantitative estimate of drug-likeness (QED) is 0.265. The van der Waals surface area contributed by atoms with Gasteiger partial charge in [0.05, 0.1) is 0 Å². The zero-order valence-electron chi connectivity index (χ0n) is 13.2. The molecule has 0 aliphatic rings. The highest BCUT2D eigenvalue weighted by molar-refractivity contribution is 6.20. The van der Waals surface area contributed by atoms with Gasteiger partial charge in [0, 0.05) is 5.88 Å². The van der Waals surface area contributed by atoms with E-state index in [1.807, 2.05) is 0 Å². The maximum absolute atomic E-state index is 6.28. The molecule has 0 nitrogen and oxygen atoms in total. The van der Waals surface area contributed by atoms with E-state index in [1.54, 1.807) is 0 Å². The first kappa shape index (κ1) is 15.4. The van der Waals surface area contributed by atoms with Crippen molar-refractivity contribution in [1.82, 2.24) is 0 Å². The third kappa shape index (κ3) is 2.85. The van der Waals surface area contributed by atoms with Crippen LogP contribution in [-0.2, 0) is 12.3 Å². The lowest BCUT2D eigenvalue weighted by Crippen LogP contribution is -1.95. The molecule has 0 saturated carbocycles. The number of fused-ring (bicyclic) bond motifs is 2. The minimum absolute atomic E-state index is 0.567. The van der Waals surface area contributed by atoms with E-state index in [0.29, 0.717) is 5.88 Å². The molecule has 0 aromatic heterocycles. The second-order valence-electron chi connectivity index (χ2n) is 5.99. The van der Waals surface area contributed by atoms with Gasteiger partial charge in [0.2, 0.25) is 0 Å². The highest BCUT2D eigenvalue weighted by atomic mass is 35.5. The predicted octanol–water partition coefficient (Wildman–Crippen LogP) is 6.85. The maximum Gasteiger partial charge on any atom is 0.0486 e. The van der Waals surface area contributed by atoms with Crippen LogP contribution >= 0.6 is 11.6 Å². The minimum Gasteiger partial charge on any atom is -0.122 e. The summed E-state index contributed by atoms with van der Waals surface area (Å²) >= 11 is 6.28. The fourth-order valence-corrected chi connectivity index (χ4v) is 3.74. The van der Waals surface area contributed by atoms with Crippen LogP contribution in [0.1, 0.15) is 43.7 Å². The molecule has 0 aliphatic carbocycles. The van der Waals surface area contributed by atoms with Crippen LogP contribution in [0.4, 0.5) is 0 Å². The van der Waals surface area contributed by atoms with Crippen LogP contribution in [0.3, 0.4) is 0 Å². The van der Waals surface area contributed by atoms with Crippen molar-refractivity contribution >= 4 is 33.1 Å². The summed E-state index contributed by atoms with van der Waals surface area (Å²) in [5.41, 5.74) is 2.77. The van der Waals surface area contributed by atoms with Crippen LogP contribution < -0.4 is 0 Å². The number of aryl methyl sites for hydroxylation is 1. The standard InChI is InChI=1S/C21H23Cl/c1-2-3-4-5-10-16-17-11-6-8-13-19(17)21(15-22)20-14-9-7-12-18(16)20/h6-9,11-14H,2-5,10,15H2,1H3. The molecule has 0 N–H and O–H groups in total. The number of alkyl halides is 1. The second kappa shape index (κ2) is 7.15. The first-order chi connectivity index (χ1) is 10.9. The van der Waals surface area contributed by atoms with Crippen molar-refractivity contribution in [2.24, 2.45) is 0 Å². The monoisotopic (exact) mass is 310 g/mol. The molecule has 0 aliphatic heterocycles. The molecule has 22 heavy (non-hydrogen) atoms. The van der Waals surface area contributed by atoms with Gasteiger partial charge >= 0.3 is 0 Å². The Balaban J connectivity index is 2.18. The van der Waals surface area contributed by atoms with E-state index in [2.05, 4.69) is 55.5 Å². The zero-order valence-corrected chi connectivity index (χ0v) is 14.0. The largest absolute Gasteiger partial charge is 0.122 e. The Morgan fingerprint density at radius 2 is 1.18 bits per heavy atom. The van der Waals surface area contributed by atoms with Crippen molar-refractivity contribution in [3.63, 3.8) is 0 Å². The third-order valence-electron chi connectivity index (χ3n) is 4.57. The molecule has 0 amide bonds. The van der Waals surface area contributed by atoms with Crippen LogP contribution in [-0.4, -0.2) is 0 Å². The average molecular weight is 311 g/mol. The number of halogens is 1. The topological polar surface area (TPSA) is 0 Å². The fourth-order valence-electron chi connectivity index (χ4n) is 3.45. The Bertz CT molecular complexity index is 716. The maximum atomic E-state index is 6.28. The van der Waals surface area contributed by atoms with Crippen LogP contribution in [0, 0.1) is 0 Å².